The van der Waals surface area contributed by atoms with E-state index in [9.17, 15) is 4.79 Å². The molecule has 1 aliphatic rings. The highest BCUT2D eigenvalue weighted by atomic mass is 127. The Morgan fingerprint density at radius 2 is 2.00 bits per heavy atom. The fraction of sp³-hybridized carbons (Fsp3) is 0.636. The third kappa shape index (κ3) is 9.33. The van der Waals surface area contributed by atoms with Crippen LogP contribution in [0.25, 0.3) is 0 Å². The standard InChI is InChI=1S/C22H37N5O.HI/c1-18-9-4-6-15-27(18)16-7-5-13-25-22(24-3)26-14-12-19-10-8-11-20(17-19)21(28)23-2;/h8,10-11,17-18H,4-7,9,12-16H2,1-3H3,(H,23,28)(H2,24,25,26);1H. The highest BCUT2D eigenvalue weighted by Crippen LogP contribution is 2.16. The van der Waals surface area contributed by atoms with Crippen LogP contribution in [-0.2, 0) is 6.42 Å². The summed E-state index contributed by atoms with van der Waals surface area (Å²) < 4.78 is 0. The van der Waals surface area contributed by atoms with Crippen molar-refractivity contribution < 1.29 is 4.79 Å². The van der Waals surface area contributed by atoms with E-state index in [0.29, 0.717) is 5.56 Å². The van der Waals surface area contributed by atoms with Crippen LogP contribution in [-0.4, -0.2) is 63.1 Å². The number of carbonyl (C=O) groups excluding carboxylic acids is 1. The summed E-state index contributed by atoms with van der Waals surface area (Å²) >= 11 is 0. The van der Waals surface area contributed by atoms with Crippen molar-refractivity contribution in [3.63, 3.8) is 0 Å². The molecule has 1 amide bonds. The molecule has 1 fully saturated rings. The zero-order valence-corrected chi connectivity index (χ0v) is 20.5. The van der Waals surface area contributed by atoms with Gasteiger partial charge in [0.1, 0.15) is 0 Å². The van der Waals surface area contributed by atoms with Crippen LogP contribution in [0.5, 0.6) is 0 Å². The fourth-order valence-corrected chi connectivity index (χ4v) is 3.69. The number of nitrogens with zero attached hydrogens (tertiary/aromatic N) is 2. The molecule has 0 saturated carbocycles. The lowest BCUT2D eigenvalue weighted by Gasteiger charge is -2.33. The van der Waals surface area contributed by atoms with Crippen LogP contribution in [0.4, 0.5) is 0 Å². The van der Waals surface area contributed by atoms with Crippen molar-refractivity contribution in [2.45, 2.75) is 51.5 Å². The summed E-state index contributed by atoms with van der Waals surface area (Å²) in [7, 11) is 3.45. The van der Waals surface area contributed by atoms with E-state index in [2.05, 4.69) is 32.8 Å². The second kappa shape index (κ2) is 14.6. The summed E-state index contributed by atoms with van der Waals surface area (Å²) in [6, 6.07) is 8.50. The zero-order valence-electron chi connectivity index (χ0n) is 18.2. The van der Waals surface area contributed by atoms with Crippen molar-refractivity contribution in [1.82, 2.24) is 20.9 Å². The Morgan fingerprint density at radius 3 is 2.72 bits per heavy atom. The van der Waals surface area contributed by atoms with E-state index >= 15 is 0 Å². The van der Waals surface area contributed by atoms with E-state index in [1.807, 2.05) is 24.3 Å². The lowest BCUT2D eigenvalue weighted by atomic mass is 10.0. The van der Waals surface area contributed by atoms with Gasteiger partial charge in [0.2, 0.25) is 0 Å². The molecule has 1 heterocycles. The van der Waals surface area contributed by atoms with Crippen molar-refractivity contribution in [3.8, 4) is 0 Å². The summed E-state index contributed by atoms with van der Waals surface area (Å²) in [5, 5.41) is 9.42. The normalized spacial score (nSPS) is 17.3. The van der Waals surface area contributed by atoms with Crippen molar-refractivity contribution in [3.05, 3.63) is 35.4 Å². The molecule has 0 spiro atoms. The van der Waals surface area contributed by atoms with Crippen LogP contribution in [0.15, 0.2) is 29.3 Å². The number of hydrogen-bond donors (Lipinski definition) is 3. The largest absolute Gasteiger partial charge is 0.356 e. The number of rotatable bonds is 9. The molecule has 3 N–H and O–H groups in total. The van der Waals surface area contributed by atoms with Gasteiger partial charge in [-0.05, 0) is 69.8 Å². The van der Waals surface area contributed by atoms with Crippen molar-refractivity contribution in [2.24, 2.45) is 4.99 Å². The number of unbranched alkanes of at least 4 members (excludes halogenated alkanes) is 1. The smallest absolute Gasteiger partial charge is 0.251 e. The van der Waals surface area contributed by atoms with Crippen molar-refractivity contribution >= 4 is 35.8 Å². The molecule has 1 aromatic rings. The maximum Gasteiger partial charge on any atom is 0.251 e. The Morgan fingerprint density at radius 1 is 1.21 bits per heavy atom. The van der Waals surface area contributed by atoms with Gasteiger partial charge >= 0.3 is 0 Å². The SMILES string of the molecule is CN=C(NCCCCN1CCCCC1C)NCCc1cccc(C(=O)NC)c1.I. The highest BCUT2D eigenvalue weighted by molar-refractivity contribution is 14.0. The Labute approximate surface area is 193 Å². The van der Waals surface area contributed by atoms with Crippen LogP contribution >= 0.6 is 24.0 Å². The molecule has 0 radical (unpaired) electrons. The van der Waals surface area contributed by atoms with Crippen LogP contribution in [0.2, 0.25) is 0 Å². The van der Waals surface area contributed by atoms with Gasteiger partial charge in [-0.3, -0.25) is 9.79 Å². The van der Waals surface area contributed by atoms with E-state index < -0.39 is 0 Å². The molecule has 2 rings (SSSR count). The number of nitrogens with one attached hydrogen (secondary N) is 3. The minimum atomic E-state index is -0.0498. The van der Waals surface area contributed by atoms with E-state index in [1.54, 1.807) is 14.1 Å². The van der Waals surface area contributed by atoms with Gasteiger partial charge in [0.05, 0.1) is 0 Å². The fourth-order valence-electron chi connectivity index (χ4n) is 3.69. The number of hydrogen-bond acceptors (Lipinski definition) is 3. The molecule has 0 aliphatic carbocycles. The first kappa shape index (κ1) is 25.7. The minimum absolute atomic E-state index is 0. The number of carbonyl (C=O) groups is 1. The van der Waals surface area contributed by atoms with Gasteiger partial charge in [0.25, 0.3) is 5.91 Å². The Kier molecular flexibility index (Phi) is 12.9. The average Bonchev–Trinajstić information content (AvgIpc) is 2.73. The van der Waals surface area contributed by atoms with E-state index in [1.165, 1.54) is 38.8 Å². The summed E-state index contributed by atoms with van der Waals surface area (Å²) in [5.74, 6) is 0.792. The molecule has 1 atom stereocenters. The molecule has 1 unspecified atom stereocenters. The predicted octanol–water partition coefficient (Wildman–Crippen LogP) is 3.03. The first-order valence-electron chi connectivity index (χ1n) is 10.6. The molecule has 1 aliphatic heterocycles. The Bertz CT molecular complexity index is 637. The zero-order chi connectivity index (χ0) is 20.2. The Hall–Kier alpha value is -1.35. The molecular weight excluding hydrogens is 477 g/mol. The van der Waals surface area contributed by atoms with Gasteiger partial charge in [-0.2, -0.15) is 0 Å². The number of aliphatic imine (C=N–C) groups is 1. The van der Waals surface area contributed by atoms with Crippen molar-refractivity contribution in [1.29, 1.82) is 0 Å². The molecule has 0 aromatic heterocycles. The first-order chi connectivity index (χ1) is 13.6. The van der Waals surface area contributed by atoms with Gasteiger partial charge < -0.3 is 20.9 Å². The summed E-state index contributed by atoms with van der Waals surface area (Å²) in [5.41, 5.74) is 1.84. The van der Waals surface area contributed by atoms with Gasteiger partial charge in [0.15, 0.2) is 5.96 Å². The molecule has 6 nitrogen and oxygen atoms in total. The third-order valence-electron chi connectivity index (χ3n) is 5.45. The van der Waals surface area contributed by atoms with E-state index in [0.717, 1.165) is 43.5 Å². The maximum absolute atomic E-state index is 11.7. The highest BCUT2D eigenvalue weighted by Gasteiger charge is 2.16. The molecule has 164 valence electrons. The van der Waals surface area contributed by atoms with Gasteiger partial charge in [-0.1, -0.05) is 18.6 Å². The molecule has 1 aromatic carbocycles. The van der Waals surface area contributed by atoms with E-state index in [-0.39, 0.29) is 29.9 Å². The number of halogens is 1. The predicted molar refractivity (Wildman–Crippen MR) is 132 cm³/mol. The van der Waals surface area contributed by atoms with Crippen LogP contribution in [0.1, 0.15) is 54.9 Å². The quantitative estimate of drug-likeness (QED) is 0.205. The number of piperidine rings is 1. The molecule has 0 bridgehead atoms. The topological polar surface area (TPSA) is 68.8 Å². The monoisotopic (exact) mass is 515 g/mol. The van der Waals surface area contributed by atoms with Gasteiger partial charge in [-0.25, -0.2) is 0 Å². The second-order valence-corrected chi connectivity index (χ2v) is 7.54. The first-order valence-corrected chi connectivity index (χ1v) is 10.6. The summed E-state index contributed by atoms with van der Waals surface area (Å²) in [6.07, 6.45) is 7.31. The lowest BCUT2D eigenvalue weighted by Crippen LogP contribution is -2.40. The molecule has 1 saturated heterocycles. The van der Waals surface area contributed by atoms with Crippen molar-refractivity contribution in [2.75, 3.05) is 40.3 Å². The van der Waals surface area contributed by atoms with Gasteiger partial charge in [0, 0.05) is 38.8 Å². The van der Waals surface area contributed by atoms with E-state index in [4.69, 9.17) is 0 Å². The number of guanidine groups is 1. The molecular formula is C22H38IN5O. The average molecular weight is 515 g/mol. The van der Waals surface area contributed by atoms with Gasteiger partial charge in [-0.15, -0.1) is 24.0 Å². The number of amides is 1. The van der Waals surface area contributed by atoms with Crippen LogP contribution in [0.3, 0.4) is 0 Å². The maximum atomic E-state index is 11.7. The van der Waals surface area contributed by atoms with Crippen LogP contribution in [0, 0.1) is 0 Å². The third-order valence-corrected chi connectivity index (χ3v) is 5.45. The molecule has 29 heavy (non-hydrogen) atoms. The second-order valence-electron chi connectivity index (χ2n) is 7.54. The Balaban J connectivity index is 0.00000420. The minimum Gasteiger partial charge on any atom is -0.356 e. The molecule has 7 heteroatoms. The summed E-state index contributed by atoms with van der Waals surface area (Å²) in [6.45, 7) is 6.54. The number of likely N-dealkylation sites (tertiary alicyclic amines) is 1. The number of benzene rings is 1. The van der Waals surface area contributed by atoms with Crippen LogP contribution < -0.4 is 16.0 Å². The lowest BCUT2D eigenvalue weighted by molar-refractivity contribution is 0.0963. The summed E-state index contributed by atoms with van der Waals surface area (Å²) in [4.78, 5) is 18.7.